The number of aromatic nitrogens is 2. The molecule has 5 heteroatoms. The molecular weight excluding hydrogens is 498 g/mol. The van der Waals surface area contributed by atoms with Crippen molar-refractivity contribution < 1.29 is 20.6 Å². The number of benzene rings is 4. The van der Waals surface area contributed by atoms with Crippen LogP contribution >= 0.6 is 0 Å². The molecule has 0 unspecified atom stereocenters. The first-order chi connectivity index (χ1) is 18.2. The molecule has 0 saturated carbocycles. The molecule has 0 bridgehead atoms. The van der Waals surface area contributed by atoms with Gasteiger partial charge in [0.25, 0.3) is 0 Å². The van der Waals surface area contributed by atoms with Gasteiger partial charge in [0.1, 0.15) is 5.69 Å². The Morgan fingerprint density at radius 2 is 1.41 bits per heavy atom. The Kier molecular flexibility index (Phi) is 7.55. The quantitative estimate of drug-likeness (QED) is 0.129. The monoisotopic (exact) mass is 523 g/mol. The summed E-state index contributed by atoms with van der Waals surface area (Å²) >= 11 is 3.65. The summed E-state index contributed by atoms with van der Waals surface area (Å²) in [5, 5.41) is 4.55. The van der Waals surface area contributed by atoms with Crippen LogP contribution in [0.1, 0.15) is 30.3 Å². The van der Waals surface area contributed by atoms with Gasteiger partial charge in [0.05, 0.1) is 11.0 Å². The number of rotatable bonds is 5. The van der Waals surface area contributed by atoms with Crippen LogP contribution in [0.2, 0.25) is 0 Å². The van der Waals surface area contributed by atoms with Gasteiger partial charge < -0.3 is 0 Å². The molecule has 0 amide bonds. The maximum absolute atomic E-state index is 11.9. The van der Waals surface area contributed by atoms with Crippen molar-refractivity contribution in [2.75, 3.05) is 0 Å². The van der Waals surface area contributed by atoms with Crippen LogP contribution in [0, 0.1) is 0 Å². The first-order valence-corrected chi connectivity index (χ1v) is 12.7. The van der Waals surface area contributed by atoms with Crippen molar-refractivity contribution in [1.29, 1.82) is 0 Å². The van der Waals surface area contributed by atoms with Crippen molar-refractivity contribution in [3.8, 4) is 11.1 Å². The molecule has 2 aromatic heterocycles. The summed E-state index contributed by atoms with van der Waals surface area (Å²) in [6.07, 6.45) is 3.13. The second-order valence-electron chi connectivity index (χ2n) is 8.70. The molecule has 37 heavy (non-hydrogen) atoms. The van der Waals surface area contributed by atoms with Gasteiger partial charge in [0.2, 0.25) is 0 Å². The molecule has 0 fully saturated rings. The number of fused-ring (bicyclic) bond motifs is 4. The van der Waals surface area contributed by atoms with Crippen LogP contribution in [0.4, 0.5) is 5.69 Å². The van der Waals surface area contributed by atoms with Crippen molar-refractivity contribution in [1.82, 2.24) is 9.97 Å². The molecule has 4 nitrogen and oxygen atoms in total. The minimum atomic E-state index is 0.0948. The molecule has 0 atom stereocenters. The first-order valence-electron chi connectivity index (χ1n) is 12.3. The molecule has 0 saturated heterocycles. The van der Waals surface area contributed by atoms with Gasteiger partial charge in [-0.3, -0.25) is 9.78 Å². The van der Waals surface area contributed by atoms with Gasteiger partial charge in [0.15, 0.2) is 5.78 Å². The molecule has 6 aromatic rings. The molecule has 0 spiro atoms. The van der Waals surface area contributed by atoms with E-state index in [1.54, 1.807) is 12.3 Å². The van der Waals surface area contributed by atoms with E-state index in [1.807, 2.05) is 55.5 Å². The van der Waals surface area contributed by atoms with Gasteiger partial charge >= 0.3 is 114 Å². The minimum absolute atomic E-state index is 0.0948. The molecule has 0 N–H and O–H groups in total. The second kappa shape index (κ2) is 11.3. The number of pyridine rings is 2. The number of hydrogen-bond donors (Lipinski definition) is 0. The fourth-order valence-electron chi connectivity index (χ4n) is 4.46. The molecule has 182 valence electrons. The van der Waals surface area contributed by atoms with Crippen molar-refractivity contribution >= 4 is 44.0 Å². The predicted octanol–water partition coefficient (Wildman–Crippen LogP) is 8.63. The van der Waals surface area contributed by atoms with Crippen LogP contribution in [0.3, 0.4) is 0 Å². The van der Waals surface area contributed by atoms with E-state index in [0.717, 1.165) is 39.5 Å². The van der Waals surface area contributed by atoms with Gasteiger partial charge in [-0.15, -0.1) is 0 Å². The zero-order valence-corrected chi connectivity index (χ0v) is 21.5. The Morgan fingerprint density at radius 1 is 0.730 bits per heavy atom. The van der Waals surface area contributed by atoms with E-state index in [2.05, 4.69) is 78.3 Å². The van der Waals surface area contributed by atoms with Crippen LogP contribution in [0.5, 0.6) is 0 Å². The predicted molar refractivity (Wildman–Crippen MR) is 148 cm³/mol. The molecule has 0 aliphatic heterocycles. The summed E-state index contributed by atoms with van der Waals surface area (Å²) in [5.41, 5.74) is 5.45. The third-order valence-corrected chi connectivity index (χ3v) is 6.53. The normalized spacial score (nSPS) is 10.8. The van der Waals surface area contributed by atoms with Gasteiger partial charge in [-0.2, -0.15) is 0 Å². The topological polar surface area (TPSA) is 55.2 Å². The third kappa shape index (κ3) is 5.24. The standard InChI is InChI=1S/C16H14N2O.C16H11N.Fe/c1-2-4-14(19)13-9-8-12-7-6-11-5-3-10-17-15(11)16(12)18-13;17-16-11-4-3-9-15(16)14-10-5-7-12-6-1-2-8-13(12)14;/h3,5-10H,2,4H2,1H3;1-11H;. The average Bonchev–Trinajstić information content (AvgIpc) is 2.97. The number of nitrogens with zero attached hydrogens (tertiary/aromatic N) is 3. The van der Waals surface area contributed by atoms with Crippen LogP contribution in [0.25, 0.3) is 43.7 Å². The fourth-order valence-corrected chi connectivity index (χ4v) is 4.68. The number of ketones is 1. The van der Waals surface area contributed by atoms with E-state index in [9.17, 15) is 4.79 Å². The molecule has 2 heterocycles. The van der Waals surface area contributed by atoms with Gasteiger partial charge in [-0.1, -0.05) is 31.2 Å². The van der Waals surface area contributed by atoms with Crippen LogP contribution in [0.15, 0.2) is 113 Å². The van der Waals surface area contributed by atoms with Crippen LogP contribution < -0.4 is 0 Å². The Morgan fingerprint density at radius 3 is 2.24 bits per heavy atom. The van der Waals surface area contributed by atoms with Crippen molar-refractivity contribution in [2.45, 2.75) is 19.8 Å². The van der Waals surface area contributed by atoms with Gasteiger partial charge in [0, 0.05) is 23.4 Å². The molecule has 4 aromatic carbocycles. The Labute approximate surface area is 224 Å². The zero-order chi connectivity index (χ0) is 25.6. The van der Waals surface area contributed by atoms with E-state index >= 15 is 0 Å². The number of hydrogen-bond acceptors (Lipinski definition) is 4. The molecule has 6 rings (SSSR count). The number of Topliss-reactive ketones (excluding diaryl/α,β-unsaturated/α-hetero) is 1. The Hall–Kier alpha value is -4.05. The maximum atomic E-state index is 11.9. The fraction of sp³-hybridized carbons (Fsp3) is 0.0938. The summed E-state index contributed by atoms with van der Waals surface area (Å²) in [6, 6.07) is 34.5. The van der Waals surface area contributed by atoms with Gasteiger partial charge in [-0.05, 0) is 18.6 Å². The number of carbonyl (C=O) groups excluding carboxylic acids is 1. The summed E-state index contributed by atoms with van der Waals surface area (Å²) in [7, 11) is 0. The zero-order valence-electron chi connectivity index (χ0n) is 20.4. The van der Waals surface area contributed by atoms with Gasteiger partial charge in [-0.25, -0.2) is 4.98 Å². The van der Waals surface area contributed by atoms with Crippen molar-refractivity contribution in [3.05, 3.63) is 115 Å². The van der Waals surface area contributed by atoms with Crippen molar-refractivity contribution in [3.63, 3.8) is 0 Å². The van der Waals surface area contributed by atoms with E-state index < -0.39 is 0 Å². The van der Waals surface area contributed by atoms with Crippen LogP contribution in [-0.2, 0) is 15.8 Å². The van der Waals surface area contributed by atoms with Crippen molar-refractivity contribution in [2.24, 2.45) is 3.96 Å². The molecule has 0 aliphatic rings. The summed E-state index contributed by atoms with van der Waals surface area (Å²) in [4.78, 5) is 20.8. The van der Waals surface area contributed by atoms with Crippen LogP contribution in [-0.4, -0.2) is 15.8 Å². The van der Waals surface area contributed by atoms with E-state index in [0.29, 0.717) is 12.1 Å². The first kappa shape index (κ1) is 24.6. The van der Waals surface area contributed by atoms with E-state index in [1.165, 1.54) is 16.3 Å². The summed E-state index contributed by atoms with van der Waals surface area (Å²) in [6.45, 7) is 2.00. The third-order valence-electron chi connectivity index (χ3n) is 6.26. The van der Waals surface area contributed by atoms with E-state index in [4.69, 9.17) is 0 Å². The summed E-state index contributed by atoms with van der Waals surface area (Å²) < 4.78 is 4.10. The molecular formula is C32H25FeN3O. The molecule has 0 aliphatic carbocycles. The number of carbonyl (C=O) groups is 1. The SMILES string of the molecule is CCCC(=O)c1ccc2ccc3cccnc3c2n1.[Fe]=[N]c1ccccc1-c1cccc2ccccc12. The Balaban J connectivity index is 0.000000152. The van der Waals surface area contributed by atoms with E-state index in [-0.39, 0.29) is 5.78 Å². The average molecular weight is 523 g/mol. The Bertz CT molecular complexity index is 1740. The molecule has 0 radical (unpaired) electrons. The summed E-state index contributed by atoms with van der Waals surface area (Å²) in [5.74, 6) is 0.0948. The second-order valence-corrected chi connectivity index (χ2v) is 8.95.